The van der Waals surface area contributed by atoms with Crippen molar-refractivity contribution in [1.82, 2.24) is 5.32 Å². The van der Waals surface area contributed by atoms with E-state index in [4.69, 9.17) is 9.15 Å². The predicted molar refractivity (Wildman–Crippen MR) is 120 cm³/mol. The van der Waals surface area contributed by atoms with Crippen molar-refractivity contribution < 1.29 is 18.7 Å². The first-order chi connectivity index (χ1) is 15.0. The van der Waals surface area contributed by atoms with Crippen LogP contribution in [0.3, 0.4) is 0 Å². The van der Waals surface area contributed by atoms with Gasteiger partial charge in [0.1, 0.15) is 11.5 Å². The van der Waals surface area contributed by atoms with Gasteiger partial charge in [0, 0.05) is 11.3 Å². The van der Waals surface area contributed by atoms with Crippen LogP contribution in [0.1, 0.15) is 54.8 Å². The van der Waals surface area contributed by atoms with E-state index in [0.717, 1.165) is 17.7 Å². The van der Waals surface area contributed by atoms with E-state index in [1.54, 1.807) is 49.6 Å². The van der Waals surface area contributed by atoms with Gasteiger partial charge in [0.2, 0.25) is 0 Å². The number of rotatable bonds is 9. The Bertz CT molecular complexity index is 997. The summed E-state index contributed by atoms with van der Waals surface area (Å²) in [6, 6.07) is 18.1. The van der Waals surface area contributed by atoms with Gasteiger partial charge in [-0.2, -0.15) is 0 Å². The normalized spacial score (nSPS) is 12.6. The van der Waals surface area contributed by atoms with E-state index in [1.165, 1.54) is 0 Å². The molecule has 3 rings (SSSR count). The lowest BCUT2D eigenvalue weighted by atomic mass is 9.98. The van der Waals surface area contributed by atoms with Crippen LogP contribution in [0.2, 0.25) is 0 Å². The number of furan rings is 1. The van der Waals surface area contributed by atoms with Crippen molar-refractivity contribution in [2.45, 2.75) is 45.8 Å². The Balaban J connectivity index is 1.56. The topological polar surface area (TPSA) is 80.6 Å². The number of para-hydroxylation sites is 1. The van der Waals surface area contributed by atoms with Crippen molar-refractivity contribution in [2.75, 3.05) is 5.32 Å². The molecule has 2 N–H and O–H groups in total. The zero-order valence-corrected chi connectivity index (χ0v) is 18.1. The molecule has 2 aromatic carbocycles. The summed E-state index contributed by atoms with van der Waals surface area (Å²) in [5.74, 6) is 1.28. The first-order valence-electron chi connectivity index (χ1n) is 10.4. The highest BCUT2D eigenvalue weighted by atomic mass is 16.5. The summed E-state index contributed by atoms with van der Waals surface area (Å²) in [4.78, 5) is 24.8. The number of amides is 2. The Labute approximate surface area is 182 Å². The van der Waals surface area contributed by atoms with Crippen LogP contribution < -0.4 is 15.4 Å². The van der Waals surface area contributed by atoms with E-state index in [9.17, 15) is 9.59 Å². The van der Waals surface area contributed by atoms with Crippen LogP contribution in [0.4, 0.5) is 5.69 Å². The number of ether oxygens (including phenoxy) is 1. The lowest BCUT2D eigenvalue weighted by Crippen LogP contribution is -2.30. The van der Waals surface area contributed by atoms with Crippen LogP contribution in [-0.2, 0) is 11.3 Å². The lowest BCUT2D eigenvalue weighted by molar-refractivity contribution is -0.122. The maximum absolute atomic E-state index is 12.6. The van der Waals surface area contributed by atoms with E-state index >= 15 is 0 Å². The van der Waals surface area contributed by atoms with Crippen molar-refractivity contribution in [3.63, 3.8) is 0 Å². The second-order valence-electron chi connectivity index (χ2n) is 7.44. The smallest absolute Gasteiger partial charge is 0.265 e. The van der Waals surface area contributed by atoms with Gasteiger partial charge in [-0.3, -0.25) is 9.59 Å². The SMILES string of the molecule is CCC(C)c1ccccc1OC(C)C(=O)Nc1ccc(C(=O)NCc2ccco2)cc1. The Hall–Kier alpha value is -3.54. The van der Waals surface area contributed by atoms with Gasteiger partial charge in [0.15, 0.2) is 6.10 Å². The van der Waals surface area contributed by atoms with Gasteiger partial charge in [0.05, 0.1) is 12.8 Å². The summed E-state index contributed by atoms with van der Waals surface area (Å²) in [7, 11) is 0. The molecule has 6 nitrogen and oxygen atoms in total. The minimum absolute atomic E-state index is 0.215. The third-order valence-electron chi connectivity index (χ3n) is 5.15. The van der Waals surface area contributed by atoms with Gasteiger partial charge in [-0.1, -0.05) is 32.0 Å². The van der Waals surface area contributed by atoms with Gasteiger partial charge in [-0.15, -0.1) is 0 Å². The van der Waals surface area contributed by atoms with Crippen molar-refractivity contribution in [3.05, 3.63) is 83.8 Å². The van der Waals surface area contributed by atoms with Gasteiger partial charge in [0.25, 0.3) is 11.8 Å². The maximum atomic E-state index is 12.6. The van der Waals surface area contributed by atoms with E-state index < -0.39 is 6.10 Å². The molecule has 162 valence electrons. The second-order valence-corrected chi connectivity index (χ2v) is 7.44. The van der Waals surface area contributed by atoms with E-state index in [1.807, 2.05) is 24.3 Å². The molecule has 0 aliphatic heterocycles. The number of hydrogen-bond donors (Lipinski definition) is 2. The summed E-state index contributed by atoms with van der Waals surface area (Å²) in [6.07, 6.45) is 1.89. The van der Waals surface area contributed by atoms with Crippen LogP contribution in [-0.4, -0.2) is 17.9 Å². The molecular formula is C25H28N2O4. The minimum Gasteiger partial charge on any atom is -0.481 e. The molecule has 1 heterocycles. The monoisotopic (exact) mass is 420 g/mol. The molecule has 2 atom stereocenters. The first-order valence-corrected chi connectivity index (χ1v) is 10.4. The Morgan fingerprint density at radius 3 is 2.42 bits per heavy atom. The third kappa shape index (κ3) is 5.98. The molecule has 0 bridgehead atoms. The molecular weight excluding hydrogens is 392 g/mol. The molecule has 2 unspecified atom stereocenters. The van der Waals surface area contributed by atoms with Crippen LogP contribution in [0.15, 0.2) is 71.3 Å². The summed E-state index contributed by atoms with van der Waals surface area (Å²) in [5, 5.41) is 5.62. The largest absolute Gasteiger partial charge is 0.481 e. The van der Waals surface area contributed by atoms with Crippen LogP contribution in [0.25, 0.3) is 0 Å². The average Bonchev–Trinajstić information content (AvgIpc) is 3.31. The van der Waals surface area contributed by atoms with E-state index in [-0.39, 0.29) is 11.8 Å². The maximum Gasteiger partial charge on any atom is 0.265 e. The average molecular weight is 421 g/mol. The van der Waals surface area contributed by atoms with Crippen molar-refractivity contribution in [3.8, 4) is 5.75 Å². The van der Waals surface area contributed by atoms with Crippen molar-refractivity contribution in [2.24, 2.45) is 0 Å². The van der Waals surface area contributed by atoms with Crippen LogP contribution in [0.5, 0.6) is 5.75 Å². The fourth-order valence-electron chi connectivity index (χ4n) is 3.09. The molecule has 0 fully saturated rings. The lowest BCUT2D eigenvalue weighted by Gasteiger charge is -2.19. The quantitative estimate of drug-likeness (QED) is 0.503. The number of carbonyl (C=O) groups is 2. The summed E-state index contributed by atoms with van der Waals surface area (Å²) < 4.78 is 11.1. The fraction of sp³-hybridized carbons (Fsp3) is 0.280. The predicted octanol–water partition coefficient (Wildman–Crippen LogP) is 5.13. The summed E-state index contributed by atoms with van der Waals surface area (Å²) in [6.45, 7) is 6.30. The standard InChI is InChI=1S/C25H28N2O4/c1-4-17(2)22-9-5-6-10-23(22)31-18(3)24(28)27-20-13-11-19(12-14-20)25(29)26-16-21-8-7-15-30-21/h5-15,17-18H,4,16H2,1-3H3,(H,26,29)(H,27,28). The zero-order chi connectivity index (χ0) is 22.2. The highest BCUT2D eigenvalue weighted by Crippen LogP contribution is 2.29. The number of anilines is 1. The molecule has 3 aromatic rings. The molecule has 0 aliphatic carbocycles. The molecule has 0 saturated carbocycles. The van der Waals surface area contributed by atoms with Gasteiger partial charge >= 0.3 is 0 Å². The number of carbonyl (C=O) groups excluding carboxylic acids is 2. The zero-order valence-electron chi connectivity index (χ0n) is 18.1. The summed E-state index contributed by atoms with van der Waals surface area (Å²) >= 11 is 0. The third-order valence-corrected chi connectivity index (χ3v) is 5.15. The fourth-order valence-corrected chi connectivity index (χ4v) is 3.09. The number of hydrogen-bond acceptors (Lipinski definition) is 4. The molecule has 0 radical (unpaired) electrons. The molecule has 2 amide bonds. The Morgan fingerprint density at radius 2 is 1.74 bits per heavy atom. The van der Waals surface area contributed by atoms with Crippen molar-refractivity contribution in [1.29, 1.82) is 0 Å². The molecule has 0 aliphatic rings. The number of nitrogens with one attached hydrogen (secondary N) is 2. The first kappa shape index (κ1) is 22.2. The van der Waals surface area contributed by atoms with Crippen LogP contribution >= 0.6 is 0 Å². The number of benzene rings is 2. The van der Waals surface area contributed by atoms with Crippen molar-refractivity contribution >= 4 is 17.5 Å². The van der Waals surface area contributed by atoms with Gasteiger partial charge < -0.3 is 19.8 Å². The van der Waals surface area contributed by atoms with E-state index in [2.05, 4.69) is 24.5 Å². The molecule has 31 heavy (non-hydrogen) atoms. The molecule has 0 spiro atoms. The highest BCUT2D eigenvalue weighted by molar-refractivity contribution is 5.96. The van der Waals surface area contributed by atoms with Crippen LogP contribution in [0, 0.1) is 0 Å². The van der Waals surface area contributed by atoms with E-state index in [0.29, 0.717) is 29.5 Å². The second kappa shape index (κ2) is 10.5. The molecule has 6 heteroatoms. The molecule has 0 saturated heterocycles. The Kier molecular flexibility index (Phi) is 7.49. The minimum atomic E-state index is -0.665. The Morgan fingerprint density at radius 1 is 1.00 bits per heavy atom. The summed E-state index contributed by atoms with van der Waals surface area (Å²) in [5.41, 5.74) is 2.18. The van der Waals surface area contributed by atoms with Gasteiger partial charge in [-0.25, -0.2) is 0 Å². The van der Waals surface area contributed by atoms with Gasteiger partial charge in [-0.05, 0) is 67.3 Å². The highest BCUT2D eigenvalue weighted by Gasteiger charge is 2.18. The molecule has 1 aromatic heterocycles.